The number of carboxylic acids is 1. The third kappa shape index (κ3) is 1.57. The van der Waals surface area contributed by atoms with E-state index in [0.717, 1.165) is 16.1 Å². The number of nitrogens with one attached hydrogen (secondary N) is 1. The first-order valence-corrected chi connectivity index (χ1v) is 5.59. The summed E-state index contributed by atoms with van der Waals surface area (Å²) >= 11 is 1.66. The first-order chi connectivity index (χ1) is 6.70. The summed E-state index contributed by atoms with van der Waals surface area (Å²) in [5.41, 5.74) is 2.06. The lowest BCUT2D eigenvalue weighted by Gasteiger charge is -2.04. The van der Waals surface area contributed by atoms with Crippen molar-refractivity contribution in [2.24, 2.45) is 0 Å². The van der Waals surface area contributed by atoms with E-state index in [4.69, 9.17) is 5.11 Å². The highest BCUT2D eigenvalue weighted by Gasteiger charge is 2.25. The number of hydrogen-bond donors (Lipinski definition) is 2. The summed E-state index contributed by atoms with van der Waals surface area (Å²) in [6.07, 6.45) is 2.59. The van der Waals surface area contributed by atoms with E-state index in [9.17, 15) is 4.79 Å². The lowest BCUT2D eigenvalue weighted by molar-refractivity contribution is -0.137. The average Bonchev–Trinajstić information content (AvgIpc) is 2.59. The van der Waals surface area contributed by atoms with Crippen molar-refractivity contribution in [3.63, 3.8) is 0 Å². The number of thioether (sulfide) groups is 1. The van der Waals surface area contributed by atoms with Gasteiger partial charge in [-0.25, -0.2) is 4.79 Å². The minimum Gasteiger partial charge on any atom is -0.480 e. The van der Waals surface area contributed by atoms with Crippen LogP contribution < -0.4 is 5.32 Å². The molecule has 0 saturated heterocycles. The van der Waals surface area contributed by atoms with Gasteiger partial charge in [-0.05, 0) is 24.0 Å². The molecular formula is C10H11NO2S. The zero-order chi connectivity index (χ0) is 10.1. The summed E-state index contributed by atoms with van der Waals surface area (Å²) in [7, 11) is 0. The number of hydrogen-bond acceptors (Lipinski definition) is 3. The van der Waals surface area contributed by atoms with E-state index in [1.165, 1.54) is 0 Å². The average molecular weight is 209 g/mol. The molecule has 2 rings (SSSR count). The highest BCUT2D eigenvalue weighted by Crippen LogP contribution is 2.29. The highest BCUT2D eigenvalue weighted by molar-refractivity contribution is 7.98. The molecule has 0 amide bonds. The molecule has 1 aromatic rings. The van der Waals surface area contributed by atoms with Crippen LogP contribution in [0.25, 0.3) is 0 Å². The lowest BCUT2D eigenvalue weighted by atomic mass is 10.1. The van der Waals surface area contributed by atoms with Gasteiger partial charge >= 0.3 is 5.97 Å². The van der Waals surface area contributed by atoms with Gasteiger partial charge in [-0.15, -0.1) is 11.8 Å². The molecule has 0 aromatic heterocycles. The molecule has 1 heterocycles. The number of anilines is 1. The maximum Gasteiger partial charge on any atom is 0.326 e. The van der Waals surface area contributed by atoms with E-state index in [1.807, 2.05) is 24.5 Å². The minimum atomic E-state index is -0.785. The molecule has 1 aromatic carbocycles. The highest BCUT2D eigenvalue weighted by atomic mass is 32.2. The fourth-order valence-corrected chi connectivity index (χ4v) is 2.04. The first-order valence-electron chi connectivity index (χ1n) is 4.37. The van der Waals surface area contributed by atoms with Crippen LogP contribution in [0.5, 0.6) is 0 Å². The third-order valence-electron chi connectivity index (χ3n) is 2.37. The van der Waals surface area contributed by atoms with Crippen molar-refractivity contribution in [2.45, 2.75) is 17.4 Å². The van der Waals surface area contributed by atoms with Crippen molar-refractivity contribution >= 4 is 23.4 Å². The molecule has 1 atom stereocenters. The van der Waals surface area contributed by atoms with Crippen LogP contribution in [0, 0.1) is 0 Å². The van der Waals surface area contributed by atoms with Gasteiger partial charge in [0.05, 0.1) is 0 Å². The summed E-state index contributed by atoms with van der Waals surface area (Å²) in [5.74, 6) is -0.785. The Morgan fingerprint density at radius 2 is 2.43 bits per heavy atom. The number of rotatable bonds is 2. The Morgan fingerprint density at radius 3 is 3.07 bits per heavy atom. The smallest absolute Gasteiger partial charge is 0.326 e. The van der Waals surface area contributed by atoms with Crippen LogP contribution in [0.4, 0.5) is 5.69 Å². The normalized spacial score (nSPS) is 18.8. The standard InChI is InChI=1S/C10H11NO2S/c1-14-7-3-2-6-4-9(10(12)13)11-8(6)5-7/h2-3,5,9,11H,4H2,1H3,(H,12,13)/t9-/m1/s1. The number of carbonyl (C=O) groups is 1. The van der Waals surface area contributed by atoms with Crippen LogP contribution in [0.15, 0.2) is 23.1 Å². The summed E-state index contributed by atoms with van der Waals surface area (Å²) in [4.78, 5) is 11.9. The second-order valence-electron chi connectivity index (χ2n) is 3.26. The molecule has 74 valence electrons. The summed E-state index contributed by atoms with van der Waals surface area (Å²) in [6, 6.07) is 5.57. The SMILES string of the molecule is CSc1ccc2c(c1)N[C@@H](C(=O)O)C2. The van der Waals surface area contributed by atoms with E-state index in [0.29, 0.717) is 6.42 Å². The van der Waals surface area contributed by atoms with Crippen molar-refractivity contribution in [1.82, 2.24) is 0 Å². The predicted octanol–water partition coefficient (Wildman–Crippen LogP) is 1.83. The van der Waals surface area contributed by atoms with Crippen LogP contribution in [-0.4, -0.2) is 23.4 Å². The van der Waals surface area contributed by atoms with Crippen LogP contribution in [0.3, 0.4) is 0 Å². The van der Waals surface area contributed by atoms with Gasteiger partial charge in [-0.2, -0.15) is 0 Å². The van der Waals surface area contributed by atoms with Gasteiger partial charge in [-0.3, -0.25) is 0 Å². The van der Waals surface area contributed by atoms with Crippen molar-refractivity contribution < 1.29 is 9.90 Å². The molecule has 3 nitrogen and oxygen atoms in total. The molecule has 0 aliphatic carbocycles. The summed E-state index contributed by atoms with van der Waals surface area (Å²) in [5, 5.41) is 11.8. The fraction of sp³-hybridized carbons (Fsp3) is 0.300. The van der Waals surface area contributed by atoms with Gasteiger partial charge < -0.3 is 10.4 Å². The van der Waals surface area contributed by atoms with Gasteiger partial charge in [0, 0.05) is 17.0 Å². The van der Waals surface area contributed by atoms with Crippen molar-refractivity contribution in [1.29, 1.82) is 0 Å². The van der Waals surface area contributed by atoms with Gasteiger partial charge in [-0.1, -0.05) is 6.07 Å². The maximum absolute atomic E-state index is 10.8. The van der Waals surface area contributed by atoms with E-state index in [2.05, 4.69) is 5.32 Å². The molecule has 0 saturated carbocycles. The van der Waals surface area contributed by atoms with E-state index < -0.39 is 12.0 Å². The number of fused-ring (bicyclic) bond motifs is 1. The Balaban J connectivity index is 2.27. The molecule has 0 unspecified atom stereocenters. The number of aliphatic carboxylic acids is 1. The molecule has 0 fully saturated rings. The molecular weight excluding hydrogens is 198 g/mol. The zero-order valence-corrected chi connectivity index (χ0v) is 8.60. The zero-order valence-electron chi connectivity index (χ0n) is 7.78. The second-order valence-corrected chi connectivity index (χ2v) is 4.14. The Hall–Kier alpha value is -1.16. The van der Waals surface area contributed by atoms with Gasteiger partial charge in [0.25, 0.3) is 0 Å². The van der Waals surface area contributed by atoms with Gasteiger partial charge in [0.1, 0.15) is 6.04 Å². The van der Waals surface area contributed by atoms with Crippen LogP contribution >= 0.6 is 11.8 Å². The predicted molar refractivity (Wildman–Crippen MR) is 57.0 cm³/mol. The molecule has 14 heavy (non-hydrogen) atoms. The second kappa shape index (κ2) is 3.53. The molecule has 4 heteroatoms. The van der Waals surface area contributed by atoms with Crippen LogP contribution in [0.1, 0.15) is 5.56 Å². The van der Waals surface area contributed by atoms with Crippen molar-refractivity contribution in [3.05, 3.63) is 23.8 Å². The largest absolute Gasteiger partial charge is 0.480 e. The topological polar surface area (TPSA) is 49.3 Å². The van der Waals surface area contributed by atoms with E-state index in [-0.39, 0.29) is 0 Å². The van der Waals surface area contributed by atoms with Gasteiger partial charge in [0.2, 0.25) is 0 Å². The Morgan fingerprint density at radius 1 is 1.64 bits per heavy atom. The maximum atomic E-state index is 10.8. The third-order valence-corrected chi connectivity index (χ3v) is 3.09. The van der Waals surface area contributed by atoms with Gasteiger partial charge in [0.15, 0.2) is 0 Å². The Labute approximate surface area is 86.5 Å². The molecule has 1 aliphatic rings. The molecule has 1 aliphatic heterocycles. The minimum absolute atomic E-state index is 0.456. The van der Waals surface area contributed by atoms with Crippen molar-refractivity contribution in [2.75, 3.05) is 11.6 Å². The number of benzene rings is 1. The quantitative estimate of drug-likeness (QED) is 0.730. The van der Waals surface area contributed by atoms with E-state index in [1.54, 1.807) is 11.8 Å². The first kappa shape index (κ1) is 9.40. The monoisotopic (exact) mass is 209 g/mol. The lowest BCUT2D eigenvalue weighted by Crippen LogP contribution is -2.26. The number of carboxylic acid groups (broad SMARTS) is 1. The fourth-order valence-electron chi connectivity index (χ4n) is 1.60. The molecule has 0 bridgehead atoms. The van der Waals surface area contributed by atoms with Crippen molar-refractivity contribution in [3.8, 4) is 0 Å². The molecule has 0 radical (unpaired) electrons. The Bertz CT molecular complexity index is 378. The van der Waals surface area contributed by atoms with Crippen LogP contribution in [-0.2, 0) is 11.2 Å². The summed E-state index contributed by atoms with van der Waals surface area (Å²) < 4.78 is 0. The molecule has 2 N–H and O–H groups in total. The molecule has 0 spiro atoms. The summed E-state index contributed by atoms with van der Waals surface area (Å²) in [6.45, 7) is 0. The van der Waals surface area contributed by atoms with E-state index >= 15 is 0 Å². The van der Waals surface area contributed by atoms with Crippen LogP contribution in [0.2, 0.25) is 0 Å². The Kier molecular flexibility index (Phi) is 2.37.